The normalized spacial score (nSPS) is 12.6. The minimum atomic E-state index is -0.151. The van der Waals surface area contributed by atoms with E-state index in [1.165, 1.54) is 5.39 Å². The number of hydrazone groups is 1. The van der Waals surface area contributed by atoms with E-state index in [0.717, 1.165) is 16.6 Å². The molecule has 1 atom stereocenters. The van der Waals surface area contributed by atoms with Crippen LogP contribution in [0.1, 0.15) is 18.1 Å². The van der Waals surface area contributed by atoms with Gasteiger partial charge in [0.15, 0.2) is 0 Å². The summed E-state index contributed by atoms with van der Waals surface area (Å²) in [5.74, 6) is -0.232. The van der Waals surface area contributed by atoms with E-state index in [0.29, 0.717) is 6.42 Å². The Balaban J connectivity index is 1.60. The first kappa shape index (κ1) is 15.0. The summed E-state index contributed by atoms with van der Waals surface area (Å²) in [6, 6.07) is 17.8. The van der Waals surface area contributed by atoms with Gasteiger partial charge in [-0.25, -0.2) is 5.43 Å². The highest BCUT2D eigenvalue weighted by atomic mass is 16.2. The molecule has 4 nitrogen and oxygen atoms in total. The highest BCUT2D eigenvalue weighted by molar-refractivity contribution is 5.85. The van der Waals surface area contributed by atoms with Crippen LogP contribution in [0.5, 0.6) is 0 Å². The number of para-hydroxylation sites is 1. The second-order valence-electron chi connectivity index (χ2n) is 5.61. The average Bonchev–Trinajstić information content (AvgIpc) is 2.99. The third-order valence-corrected chi connectivity index (χ3v) is 3.84. The Morgan fingerprint density at radius 1 is 1.17 bits per heavy atom. The predicted octanol–water partition coefficient (Wildman–Crippen LogP) is 3.50. The van der Waals surface area contributed by atoms with Crippen LogP contribution in [-0.2, 0) is 11.2 Å². The molecule has 0 aliphatic rings. The number of H-pyrrole nitrogens is 1. The smallest absolute Gasteiger partial charge is 0.243 e. The summed E-state index contributed by atoms with van der Waals surface area (Å²) >= 11 is 0. The van der Waals surface area contributed by atoms with Crippen molar-refractivity contribution in [3.63, 3.8) is 0 Å². The maximum atomic E-state index is 12.2. The van der Waals surface area contributed by atoms with Crippen molar-refractivity contribution >= 4 is 23.0 Å². The van der Waals surface area contributed by atoms with Gasteiger partial charge in [0, 0.05) is 23.0 Å². The van der Waals surface area contributed by atoms with Gasteiger partial charge in [-0.15, -0.1) is 0 Å². The summed E-state index contributed by atoms with van der Waals surface area (Å²) < 4.78 is 0. The molecule has 3 aromatic rings. The van der Waals surface area contributed by atoms with E-state index in [4.69, 9.17) is 0 Å². The molecule has 0 saturated carbocycles. The van der Waals surface area contributed by atoms with Crippen LogP contribution in [0, 0.1) is 5.92 Å². The van der Waals surface area contributed by atoms with Gasteiger partial charge in [-0.05, 0) is 23.6 Å². The van der Waals surface area contributed by atoms with Crippen molar-refractivity contribution in [2.75, 3.05) is 0 Å². The van der Waals surface area contributed by atoms with Crippen LogP contribution >= 0.6 is 0 Å². The monoisotopic (exact) mass is 305 g/mol. The number of carbonyl (C=O) groups is 1. The second kappa shape index (κ2) is 6.92. The first-order chi connectivity index (χ1) is 11.2. The van der Waals surface area contributed by atoms with Crippen LogP contribution in [0.15, 0.2) is 65.9 Å². The molecule has 0 unspecified atom stereocenters. The molecule has 0 radical (unpaired) electrons. The number of benzene rings is 2. The van der Waals surface area contributed by atoms with E-state index in [2.05, 4.69) is 21.6 Å². The van der Waals surface area contributed by atoms with Crippen LogP contribution in [0.4, 0.5) is 0 Å². The number of hydrogen-bond acceptors (Lipinski definition) is 2. The fourth-order valence-corrected chi connectivity index (χ4v) is 2.54. The molecule has 0 fully saturated rings. The van der Waals surface area contributed by atoms with Crippen molar-refractivity contribution < 1.29 is 4.79 Å². The zero-order valence-corrected chi connectivity index (χ0v) is 13.0. The summed E-state index contributed by atoms with van der Waals surface area (Å²) in [4.78, 5) is 15.4. The standard InChI is InChI=1S/C19H19N3O/c1-14(11-16-13-20-18-10-6-5-9-17(16)18)19(23)22-21-12-15-7-3-2-4-8-15/h2-10,12-14,20H,11H2,1H3,(H,22,23)/b21-12-/t14-/m0/s1. The van der Waals surface area contributed by atoms with Gasteiger partial charge < -0.3 is 4.98 Å². The summed E-state index contributed by atoms with van der Waals surface area (Å²) in [6.07, 6.45) is 4.30. The van der Waals surface area contributed by atoms with Gasteiger partial charge >= 0.3 is 0 Å². The van der Waals surface area contributed by atoms with Crippen molar-refractivity contribution in [2.45, 2.75) is 13.3 Å². The Labute approximate surface area is 135 Å². The second-order valence-corrected chi connectivity index (χ2v) is 5.61. The Hall–Kier alpha value is -2.88. The molecule has 2 N–H and O–H groups in total. The van der Waals surface area contributed by atoms with Gasteiger partial charge in [-0.2, -0.15) is 5.10 Å². The quantitative estimate of drug-likeness (QED) is 0.550. The fourth-order valence-electron chi connectivity index (χ4n) is 2.54. The van der Waals surface area contributed by atoms with E-state index >= 15 is 0 Å². The largest absolute Gasteiger partial charge is 0.361 e. The van der Waals surface area contributed by atoms with Crippen molar-refractivity contribution in [1.82, 2.24) is 10.4 Å². The number of amides is 1. The molecule has 0 aliphatic heterocycles. The number of aromatic amines is 1. The summed E-state index contributed by atoms with van der Waals surface area (Å²) in [6.45, 7) is 1.91. The lowest BCUT2D eigenvalue weighted by molar-refractivity contribution is -0.124. The van der Waals surface area contributed by atoms with Crippen molar-refractivity contribution in [3.8, 4) is 0 Å². The SMILES string of the molecule is C[C@@H](Cc1c[nH]c2ccccc12)C(=O)N/N=C\c1ccccc1. The number of carbonyl (C=O) groups excluding carboxylic acids is 1. The van der Waals surface area contributed by atoms with E-state index in [1.54, 1.807) is 6.21 Å². The number of nitrogens with zero attached hydrogens (tertiary/aromatic N) is 1. The topological polar surface area (TPSA) is 57.2 Å². The van der Waals surface area contributed by atoms with Gasteiger partial charge in [-0.3, -0.25) is 4.79 Å². The molecule has 3 rings (SSSR count). The lowest BCUT2D eigenvalue weighted by Gasteiger charge is -2.08. The summed E-state index contributed by atoms with van der Waals surface area (Å²) in [7, 11) is 0. The Morgan fingerprint density at radius 2 is 1.91 bits per heavy atom. The van der Waals surface area contributed by atoms with Gasteiger partial charge in [0.2, 0.25) is 5.91 Å². The molecule has 0 spiro atoms. The number of hydrogen-bond donors (Lipinski definition) is 2. The van der Waals surface area contributed by atoms with Gasteiger partial charge in [0.05, 0.1) is 6.21 Å². The minimum Gasteiger partial charge on any atom is -0.361 e. The first-order valence-electron chi connectivity index (χ1n) is 7.67. The van der Waals surface area contributed by atoms with Crippen LogP contribution in [-0.4, -0.2) is 17.1 Å². The highest BCUT2D eigenvalue weighted by Gasteiger charge is 2.15. The molecule has 0 saturated heterocycles. The van der Waals surface area contributed by atoms with Gasteiger partial charge in [0.1, 0.15) is 0 Å². The maximum Gasteiger partial charge on any atom is 0.243 e. The lowest BCUT2D eigenvalue weighted by Crippen LogP contribution is -2.26. The number of rotatable bonds is 5. The molecule has 1 aromatic heterocycles. The zero-order valence-electron chi connectivity index (χ0n) is 13.0. The van der Waals surface area contributed by atoms with Crippen LogP contribution in [0.2, 0.25) is 0 Å². The van der Waals surface area contributed by atoms with Crippen molar-refractivity contribution in [1.29, 1.82) is 0 Å². The van der Waals surface area contributed by atoms with E-state index in [1.807, 2.05) is 61.7 Å². The lowest BCUT2D eigenvalue weighted by atomic mass is 10.0. The molecule has 0 aliphatic carbocycles. The van der Waals surface area contributed by atoms with E-state index < -0.39 is 0 Å². The van der Waals surface area contributed by atoms with Crippen LogP contribution in [0.3, 0.4) is 0 Å². The van der Waals surface area contributed by atoms with Crippen LogP contribution in [0.25, 0.3) is 10.9 Å². The number of nitrogens with one attached hydrogen (secondary N) is 2. The average molecular weight is 305 g/mol. The predicted molar refractivity (Wildman–Crippen MR) is 93.3 cm³/mol. The van der Waals surface area contributed by atoms with Crippen LogP contribution < -0.4 is 5.43 Å². The summed E-state index contributed by atoms with van der Waals surface area (Å²) in [5, 5.41) is 5.19. The third kappa shape index (κ3) is 3.66. The molecular weight excluding hydrogens is 286 g/mol. The zero-order chi connectivity index (χ0) is 16.1. The molecule has 1 heterocycles. The Bertz CT molecular complexity index is 821. The number of aromatic nitrogens is 1. The molecule has 0 bridgehead atoms. The van der Waals surface area contributed by atoms with Crippen molar-refractivity contribution in [2.24, 2.45) is 11.0 Å². The van der Waals surface area contributed by atoms with Gasteiger partial charge in [-0.1, -0.05) is 55.5 Å². The van der Waals surface area contributed by atoms with E-state index in [-0.39, 0.29) is 11.8 Å². The maximum absolute atomic E-state index is 12.2. The Kier molecular flexibility index (Phi) is 4.52. The first-order valence-corrected chi connectivity index (χ1v) is 7.67. The third-order valence-electron chi connectivity index (χ3n) is 3.84. The van der Waals surface area contributed by atoms with Gasteiger partial charge in [0.25, 0.3) is 0 Å². The van der Waals surface area contributed by atoms with Crippen molar-refractivity contribution in [3.05, 3.63) is 71.9 Å². The highest BCUT2D eigenvalue weighted by Crippen LogP contribution is 2.20. The van der Waals surface area contributed by atoms with E-state index in [9.17, 15) is 4.79 Å². The molecule has 23 heavy (non-hydrogen) atoms. The Morgan fingerprint density at radius 3 is 2.74 bits per heavy atom. The minimum absolute atomic E-state index is 0.0811. The fraction of sp³-hybridized carbons (Fsp3) is 0.158. The molecule has 4 heteroatoms. The molecule has 116 valence electrons. The molecular formula is C19H19N3O. The number of fused-ring (bicyclic) bond motifs is 1. The molecule has 2 aromatic carbocycles. The summed E-state index contributed by atoms with van der Waals surface area (Å²) in [5.41, 5.74) is 5.81. The molecule has 1 amide bonds.